The summed E-state index contributed by atoms with van der Waals surface area (Å²) in [5.41, 5.74) is 3.04. The fraction of sp³-hybridized carbons (Fsp3) is 0.0667. The second kappa shape index (κ2) is 4.46. The molecule has 0 bridgehead atoms. The summed E-state index contributed by atoms with van der Waals surface area (Å²) in [5.74, 6) is -0.220. The van der Waals surface area contributed by atoms with Crippen molar-refractivity contribution in [2.75, 3.05) is 0 Å². The zero-order chi connectivity index (χ0) is 12.5. The Morgan fingerprint density at radius 1 is 1.06 bits per heavy atom. The number of fused-ring (bicyclic) bond motifs is 1. The molecule has 18 heavy (non-hydrogen) atoms. The highest BCUT2D eigenvalue weighted by molar-refractivity contribution is 6.31. The minimum atomic E-state index is -0.220. The lowest BCUT2D eigenvalue weighted by atomic mass is 10.0. The number of aromatic amines is 1. The maximum absolute atomic E-state index is 13.3. The molecule has 0 amide bonds. The molecule has 0 aliphatic heterocycles. The third-order valence-corrected chi connectivity index (χ3v) is 3.44. The number of hydrogen-bond donors (Lipinski definition) is 1. The maximum Gasteiger partial charge on any atom is 0.123 e. The van der Waals surface area contributed by atoms with E-state index in [9.17, 15) is 4.39 Å². The highest BCUT2D eigenvalue weighted by Crippen LogP contribution is 2.24. The minimum absolute atomic E-state index is 0.220. The normalized spacial score (nSPS) is 11.0. The molecule has 3 aromatic rings. The third-order valence-electron chi connectivity index (χ3n) is 3.07. The first kappa shape index (κ1) is 11.3. The molecule has 0 unspecified atom stereocenters. The average molecular weight is 260 g/mol. The first-order chi connectivity index (χ1) is 8.74. The zero-order valence-corrected chi connectivity index (χ0v) is 10.3. The summed E-state index contributed by atoms with van der Waals surface area (Å²) in [6.45, 7) is 0. The number of hydrogen-bond acceptors (Lipinski definition) is 0. The Kier molecular flexibility index (Phi) is 2.80. The molecule has 0 aliphatic rings. The molecular formula is C15H11ClFN. The predicted octanol–water partition coefficient (Wildman–Crippen LogP) is 4.55. The molecule has 0 fully saturated rings. The van der Waals surface area contributed by atoms with Gasteiger partial charge in [-0.2, -0.15) is 0 Å². The monoisotopic (exact) mass is 259 g/mol. The van der Waals surface area contributed by atoms with Gasteiger partial charge in [0, 0.05) is 28.5 Å². The van der Waals surface area contributed by atoms with Crippen LogP contribution in [0, 0.1) is 5.82 Å². The van der Waals surface area contributed by atoms with E-state index in [-0.39, 0.29) is 5.82 Å². The Balaban J connectivity index is 2.05. The predicted molar refractivity (Wildman–Crippen MR) is 72.5 cm³/mol. The second-order valence-corrected chi connectivity index (χ2v) is 4.68. The van der Waals surface area contributed by atoms with E-state index in [0.717, 1.165) is 27.1 Å². The van der Waals surface area contributed by atoms with Gasteiger partial charge in [0.15, 0.2) is 0 Å². The quantitative estimate of drug-likeness (QED) is 0.695. The smallest absolute Gasteiger partial charge is 0.123 e. The lowest BCUT2D eigenvalue weighted by Gasteiger charge is -2.03. The summed E-state index contributed by atoms with van der Waals surface area (Å²) in [5, 5.41) is 1.65. The van der Waals surface area contributed by atoms with Gasteiger partial charge in [-0.15, -0.1) is 0 Å². The van der Waals surface area contributed by atoms with Crippen LogP contribution in [-0.2, 0) is 6.42 Å². The summed E-state index contributed by atoms with van der Waals surface area (Å²) in [4.78, 5) is 3.15. The molecule has 0 atom stereocenters. The molecule has 1 N–H and O–H groups in total. The number of H-pyrrole nitrogens is 1. The number of nitrogens with one attached hydrogen (secondary N) is 1. The van der Waals surface area contributed by atoms with Crippen molar-refractivity contribution in [1.82, 2.24) is 4.98 Å². The molecule has 0 saturated heterocycles. The van der Waals surface area contributed by atoms with Crippen LogP contribution in [0.5, 0.6) is 0 Å². The first-order valence-electron chi connectivity index (χ1n) is 5.73. The Morgan fingerprint density at radius 2 is 1.89 bits per heavy atom. The lowest BCUT2D eigenvalue weighted by Crippen LogP contribution is -1.88. The van der Waals surface area contributed by atoms with Crippen molar-refractivity contribution in [1.29, 1.82) is 0 Å². The second-order valence-electron chi connectivity index (χ2n) is 4.27. The lowest BCUT2D eigenvalue weighted by molar-refractivity contribution is 0.629. The van der Waals surface area contributed by atoms with Gasteiger partial charge < -0.3 is 4.98 Å². The van der Waals surface area contributed by atoms with Gasteiger partial charge in [0.05, 0.1) is 0 Å². The first-order valence-corrected chi connectivity index (χ1v) is 6.11. The van der Waals surface area contributed by atoms with Crippen LogP contribution in [0.15, 0.2) is 48.7 Å². The fourth-order valence-electron chi connectivity index (χ4n) is 2.14. The van der Waals surface area contributed by atoms with Crippen LogP contribution in [0.1, 0.15) is 11.1 Å². The van der Waals surface area contributed by atoms with Crippen molar-refractivity contribution in [3.05, 3.63) is 70.6 Å². The zero-order valence-electron chi connectivity index (χ0n) is 9.58. The van der Waals surface area contributed by atoms with Crippen LogP contribution in [0.2, 0.25) is 5.02 Å². The number of aromatic nitrogens is 1. The van der Waals surface area contributed by atoms with Gasteiger partial charge in [-0.1, -0.05) is 29.8 Å². The average Bonchev–Trinajstić information content (AvgIpc) is 2.75. The Bertz CT molecular complexity index is 703. The number of halogens is 2. The third kappa shape index (κ3) is 2.00. The fourth-order valence-corrected chi connectivity index (χ4v) is 2.35. The molecule has 1 aromatic heterocycles. The van der Waals surface area contributed by atoms with E-state index in [1.807, 2.05) is 30.5 Å². The van der Waals surface area contributed by atoms with Gasteiger partial charge in [0.1, 0.15) is 5.82 Å². The van der Waals surface area contributed by atoms with Crippen molar-refractivity contribution in [2.24, 2.45) is 0 Å². The Hall–Kier alpha value is -1.80. The van der Waals surface area contributed by atoms with Gasteiger partial charge >= 0.3 is 0 Å². The van der Waals surface area contributed by atoms with E-state index < -0.39 is 0 Å². The van der Waals surface area contributed by atoms with E-state index in [4.69, 9.17) is 11.6 Å². The van der Waals surface area contributed by atoms with Crippen molar-refractivity contribution >= 4 is 22.5 Å². The van der Waals surface area contributed by atoms with Gasteiger partial charge in [-0.3, -0.25) is 0 Å². The standard InChI is InChI=1S/C15H11ClFN/c16-14-4-2-1-3-10(14)7-11-9-18-15-6-5-12(17)8-13(11)15/h1-6,8-9,18H,7H2. The molecule has 3 heteroatoms. The summed E-state index contributed by atoms with van der Waals surface area (Å²) in [6.07, 6.45) is 2.61. The van der Waals surface area contributed by atoms with Crippen molar-refractivity contribution in [3.8, 4) is 0 Å². The molecule has 1 heterocycles. The van der Waals surface area contributed by atoms with E-state index in [1.165, 1.54) is 6.07 Å². The molecule has 2 aromatic carbocycles. The molecule has 0 saturated carbocycles. The van der Waals surface area contributed by atoms with Crippen LogP contribution in [0.25, 0.3) is 10.9 Å². The summed E-state index contributed by atoms with van der Waals surface area (Å²) >= 11 is 6.14. The molecule has 0 spiro atoms. The largest absolute Gasteiger partial charge is 0.361 e. The minimum Gasteiger partial charge on any atom is -0.361 e. The summed E-state index contributed by atoms with van der Waals surface area (Å²) in [7, 11) is 0. The van der Waals surface area contributed by atoms with Crippen LogP contribution >= 0.6 is 11.6 Å². The van der Waals surface area contributed by atoms with Crippen molar-refractivity contribution < 1.29 is 4.39 Å². The highest BCUT2D eigenvalue weighted by Gasteiger charge is 2.07. The molecular weight excluding hydrogens is 249 g/mol. The van der Waals surface area contributed by atoms with Gasteiger partial charge in [-0.05, 0) is 35.4 Å². The molecule has 90 valence electrons. The van der Waals surface area contributed by atoms with Crippen LogP contribution < -0.4 is 0 Å². The van der Waals surface area contributed by atoms with Crippen LogP contribution in [0.4, 0.5) is 4.39 Å². The highest BCUT2D eigenvalue weighted by atomic mass is 35.5. The molecule has 3 rings (SSSR count). The van der Waals surface area contributed by atoms with E-state index in [2.05, 4.69) is 4.98 Å². The Morgan fingerprint density at radius 3 is 2.72 bits per heavy atom. The molecule has 1 nitrogen and oxygen atoms in total. The van der Waals surface area contributed by atoms with Crippen molar-refractivity contribution in [2.45, 2.75) is 6.42 Å². The van der Waals surface area contributed by atoms with Gasteiger partial charge in [-0.25, -0.2) is 4.39 Å². The van der Waals surface area contributed by atoms with E-state index in [0.29, 0.717) is 6.42 Å². The van der Waals surface area contributed by atoms with Crippen LogP contribution in [0.3, 0.4) is 0 Å². The van der Waals surface area contributed by atoms with Gasteiger partial charge in [0.25, 0.3) is 0 Å². The maximum atomic E-state index is 13.3. The summed E-state index contributed by atoms with van der Waals surface area (Å²) < 4.78 is 13.3. The van der Waals surface area contributed by atoms with E-state index in [1.54, 1.807) is 12.1 Å². The summed E-state index contributed by atoms with van der Waals surface area (Å²) in [6, 6.07) is 12.5. The van der Waals surface area contributed by atoms with Gasteiger partial charge in [0.2, 0.25) is 0 Å². The Labute approximate surface area is 109 Å². The molecule has 0 aliphatic carbocycles. The SMILES string of the molecule is Fc1ccc2[nH]cc(Cc3ccccc3Cl)c2c1. The number of benzene rings is 2. The topological polar surface area (TPSA) is 15.8 Å². The van der Waals surface area contributed by atoms with E-state index >= 15 is 0 Å². The van der Waals surface area contributed by atoms with Crippen LogP contribution in [-0.4, -0.2) is 4.98 Å². The van der Waals surface area contributed by atoms with Crippen molar-refractivity contribution in [3.63, 3.8) is 0 Å². The number of rotatable bonds is 2. The molecule has 0 radical (unpaired) electrons.